The number of rotatable bonds is 10. The number of carbonyl (C=O) groups excluding carboxylic acids is 1. The van der Waals surface area contributed by atoms with Crippen molar-refractivity contribution in [1.82, 2.24) is 0 Å². The van der Waals surface area contributed by atoms with E-state index in [1.807, 2.05) is 72.8 Å². The van der Waals surface area contributed by atoms with Crippen molar-refractivity contribution in [2.24, 2.45) is 0 Å². The van der Waals surface area contributed by atoms with Crippen molar-refractivity contribution in [2.75, 3.05) is 19.0 Å². The quantitative estimate of drug-likeness (QED) is 0.313. The fourth-order valence-electron chi connectivity index (χ4n) is 3.43. The Hall–Kier alpha value is -4.25. The number of anilines is 1. The third-order valence-electron chi connectivity index (χ3n) is 5.28. The summed E-state index contributed by atoms with van der Waals surface area (Å²) in [6, 6.07) is 32.6. The SMILES string of the molecule is COc1cc(C(=O)Nc2ccc(OCc3ccccc3)cc2)ccc1OCCc1ccccc1. The highest BCUT2D eigenvalue weighted by Crippen LogP contribution is 2.29. The van der Waals surface area contributed by atoms with Gasteiger partial charge in [-0.3, -0.25) is 4.79 Å². The zero-order valence-corrected chi connectivity index (χ0v) is 19.1. The van der Waals surface area contributed by atoms with Crippen molar-refractivity contribution in [3.05, 3.63) is 120 Å². The van der Waals surface area contributed by atoms with Crippen molar-refractivity contribution in [3.63, 3.8) is 0 Å². The van der Waals surface area contributed by atoms with Crippen molar-refractivity contribution >= 4 is 11.6 Å². The van der Waals surface area contributed by atoms with E-state index >= 15 is 0 Å². The van der Waals surface area contributed by atoms with Gasteiger partial charge in [-0.2, -0.15) is 0 Å². The maximum atomic E-state index is 12.7. The lowest BCUT2D eigenvalue weighted by molar-refractivity contribution is 0.102. The molecule has 0 aromatic heterocycles. The minimum atomic E-state index is -0.230. The van der Waals surface area contributed by atoms with Crippen LogP contribution in [0.25, 0.3) is 0 Å². The Bertz CT molecular complexity index is 1190. The standard InChI is InChI=1S/C29H27NO4/c1-32-28-20-24(12-17-27(28)33-19-18-22-8-4-2-5-9-22)29(31)30-25-13-15-26(16-14-25)34-21-23-10-6-3-7-11-23/h2-17,20H,18-19,21H2,1H3,(H,30,31). The number of hydrogen-bond acceptors (Lipinski definition) is 4. The van der Waals surface area contributed by atoms with E-state index in [4.69, 9.17) is 14.2 Å². The summed E-state index contributed by atoms with van der Waals surface area (Å²) in [6.45, 7) is 1.01. The maximum absolute atomic E-state index is 12.7. The molecule has 1 N–H and O–H groups in total. The molecule has 4 aromatic rings. The van der Waals surface area contributed by atoms with E-state index in [9.17, 15) is 4.79 Å². The van der Waals surface area contributed by atoms with Crippen LogP contribution in [0.2, 0.25) is 0 Å². The van der Waals surface area contributed by atoms with E-state index in [-0.39, 0.29) is 5.91 Å². The second-order valence-corrected chi connectivity index (χ2v) is 7.70. The van der Waals surface area contributed by atoms with Gasteiger partial charge in [0.1, 0.15) is 12.4 Å². The van der Waals surface area contributed by atoms with Crippen LogP contribution in [-0.2, 0) is 13.0 Å². The van der Waals surface area contributed by atoms with Crippen molar-refractivity contribution in [2.45, 2.75) is 13.0 Å². The second-order valence-electron chi connectivity index (χ2n) is 7.70. The van der Waals surface area contributed by atoms with Crippen molar-refractivity contribution < 1.29 is 19.0 Å². The molecule has 0 unspecified atom stereocenters. The zero-order valence-electron chi connectivity index (χ0n) is 19.1. The fourth-order valence-corrected chi connectivity index (χ4v) is 3.43. The Kier molecular flexibility index (Phi) is 7.80. The zero-order chi connectivity index (χ0) is 23.6. The molecule has 5 heteroatoms. The topological polar surface area (TPSA) is 56.8 Å². The van der Waals surface area contributed by atoms with Gasteiger partial charge < -0.3 is 19.5 Å². The van der Waals surface area contributed by atoms with Gasteiger partial charge in [0.25, 0.3) is 5.91 Å². The minimum Gasteiger partial charge on any atom is -0.493 e. The molecule has 0 bridgehead atoms. The molecule has 0 heterocycles. The van der Waals surface area contributed by atoms with Crippen LogP contribution in [0.5, 0.6) is 17.2 Å². The molecule has 172 valence electrons. The Morgan fingerprint density at radius 2 is 1.41 bits per heavy atom. The van der Waals surface area contributed by atoms with Crippen LogP contribution in [0.1, 0.15) is 21.5 Å². The lowest BCUT2D eigenvalue weighted by Crippen LogP contribution is -2.12. The molecule has 0 aliphatic rings. The number of amides is 1. The van der Waals surface area contributed by atoms with E-state index < -0.39 is 0 Å². The molecule has 34 heavy (non-hydrogen) atoms. The first kappa shape index (κ1) is 22.9. The normalized spacial score (nSPS) is 10.4. The molecule has 0 atom stereocenters. The van der Waals surface area contributed by atoms with Crippen molar-refractivity contribution in [3.8, 4) is 17.2 Å². The molecule has 0 aliphatic heterocycles. The summed E-state index contributed by atoms with van der Waals surface area (Å²) in [6.07, 6.45) is 0.789. The van der Waals surface area contributed by atoms with Crippen LogP contribution in [0.15, 0.2) is 103 Å². The molecule has 0 fully saturated rings. The number of carbonyl (C=O) groups is 1. The minimum absolute atomic E-state index is 0.230. The van der Waals surface area contributed by atoms with E-state index in [0.717, 1.165) is 17.7 Å². The lowest BCUT2D eigenvalue weighted by atomic mass is 10.1. The van der Waals surface area contributed by atoms with E-state index in [1.54, 1.807) is 25.3 Å². The second kappa shape index (κ2) is 11.6. The molecule has 0 saturated heterocycles. The summed E-state index contributed by atoms with van der Waals surface area (Å²) in [4.78, 5) is 12.7. The monoisotopic (exact) mass is 453 g/mol. The molecule has 0 spiro atoms. The Labute approximate surface area is 199 Å². The highest BCUT2D eigenvalue weighted by molar-refractivity contribution is 6.04. The Morgan fingerprint density at radius 1 is 0.735 bits per heavy atom. The summed E-state index contributed by atoms with van der Waals surface area (Å²) in [5.41, 5.74) is 3.46. The van der Waals surface area contributed by atoms with Crippen LogP contribution >= 0.6 is 0 Å². The van der Waals surface area contributed by atoms with E-state index in [1.165, 1.54) is 5.56 Å². The average Bonchev–Trinajstić information content (AvgIpc) is 2.89. The number of hydrogen-bond donors (Lipinski definition) is 1. The average molecular weight is 454 g/mol. The summed E-state index contributed by atoms with van der Waals surface area (Å²) < 4.78 is 17.1. The number of nitrogens with one attached hydrogen (secondary N) is 1. The summed E-state index contributed by atoms with van der Waals surface area (Å²) in [5.74, 6) is 1.63. The Morgan fingerprint density at radius 3 is 2.09 bits per heavy atom. The van der Waals surface area contributed by atoms with Gasteiger partial charge in [0.2, 0.25) is 0 Å². The summed E-state index contributed by atoms with van der Waals surface area (Å²) in [7, 11) is 1.56. The lowest BCUT2D eigenvalue weighted by Gasteiger charge is -2.13. The molecule has 4 aromatic carbocycles. The molecular weight excluding hydrogens is 426 g/mol. The molecular formula is C29H27NO4. The molecule has 0 aliphatic carbocycles. The predicted molar refractivity (Wildman–Crippen MR) is 134 cm³/mol. The third kappa shape index (κ3) is 6.39. The third-order valence-corrected chi connectivity index (χ3v) is 5.28. The number of methoxy groups -OCH3 is 1. The van der Waals surface area contributed by atoms with Crippen LogP contribution in [0, 0.1) is 0 Å². The predicted octanol–water partition coefficient (Wildman–Crippen LogP) is 6.15. The van der Waals surface area contributed by atoms with Gasteiger partial charge in [-0.25, -0.2) is 0 Å². The highest BCUT2D eigenvalue weighted by atomic mass is 16.5. The largest absolute Gasteiger partial charge is 0.493 e. The van der Waals surface area contributed by atoms with Crippen LogP contribution in [-0.4, -0.2) is 19.6 Å². The number of benzene rings is 4. The van der Waals surface area contributed by atoms with Gasteiger partial charge >= 0.3 is 0 Å². The maximum Gasteiger partial charge on any atom is 0.255 e. The first-order valence-corrected chi connectivity index (χ1v) is 11.1. The van der Waals surface area contributed by atoms with E-state index in [2.05, 4.69) is 17.4 Å². The summed E-state index contributed by atoms with van der Waals surface area (Å²) >= 11 is 0. The first-order chi connectivity index (χ1) is 16.7. The molecule has 0 saturated carbocycles. The smallest absolute Gasteiger partial charge is 0.255 e. The molecule has 5 nitrogen and oxygen atoms in total. The van der Waals surface area contributed by atoms with Crippen LogP contribution in [0.3, 0.4) is 0 Å². The summed E-state index contributed by atoms with van der Waals surface area (Å²) in [5, 5.41) is 2.90. The van der Waals surface area contributed by atoms with Gasteiger partial charge in [-0.1, -0.05) is 60.7 Å². The van der Waals surface area contributed by atoms with Gasteiger partial charge in [0.15, 0.2) is 11.5 Å². The van der Waals surface area contributed by atoms with Gasteiger partial charge in [-0.15, -0.1) is 0 Å². The molecule has 0 radical (unpaired) electrons. The van der Waals surface area contributed by atoms with Crippen LogP contribution < -0.4 is 19.5 Å². The van der Waals surface area contributed by atoms with Gasteiger partial charge in [-0.05, 0) is 53.6 Å². The van der Waals surface area contributed by atoms with Crippen LogP contribution in [0.4, 0.5) is 5.69 Å². The number of ether oxygens (including phenoxy) is 3. The molecule has 1 amide bonds. The Balaban J connectivity index is 1.32. The van der Waals surface area contributed by atoms with Crippen molar-refractivity contribution in [1.29, 1.82) is 0 Å². The van der Waals surface area contributed by atoms with Gasteiger partial charge in [0, 0.05) is 17.7 Å². The van der Waals surface area contributed by atoms with E-state index in [0.29, 0.717) is 36.0 Å². The highest BCUT2D eigenvalue weighted by Gasteiger charge is 2.12. The molecule has 4 rings (SSSR count). The first-order valence-electron chi connectivity index (χ1n) is 11.1. The van der Waals surface area contributed by atoms with Gasteiger partial charge in [0.05, 0.1) is 13.7 Å². The fraction of sp³-hybridized carbons (Fsp3) is 0.138.